The molecule has 312 valence electrons. The largest absolute Gasteiger partial charge is 0.465 e. The summed E-state index contributed by atoms with van der Waals surface area (Å²) in [4.78, 5) is 65.8. The fraction of sp³-hybridized carbons (Fsp3) is 0.775. The molecule has 7 unspecified atom stereocenters. The van der Waals surface area contributed by atoms with Crippen LogP contribution in [0.25, 0.3) is 0 Å². The number of hydrogen-bond acceptors (Lipinski definition) is 16. The highest BCUT2D eigenvalue weighted by Crippen LogP contribution is 2.75. The van der Waals surface area contributed by atoms with Gasteiger partial charge >= 0.3 is 23.9 Å². The maximum Gasteiger partial charge on any atom is 0.318 e. The average Bonchev–Trinajstić information content (AvgIpc) is 3.55. The number of ether oxygens (including phenoxy) is 5. The average molecular weight is 793 g/mol. The molecule has 5 fully saturated rings. The van der Waals surface area contributed by atoms with Gasteiger partial charge in [-0.2, -0.15) is 0 Å². The van der Waals surface area contributed by atoms with Gasteiger partial charge < -0.3 is 54.3 Å². The number of ketones is 1. The molecule has 0 spiro atoms. The van der Waals surface area contributed by atoms with E-state index in [-0.39, 0.29) is 44.5 Å². The van der Waals surface area contributed by atoms with Crippen molar-refractivity contribution in [3.05, 3.63) is 23.3 Å². The van der Waals surface area contributed by atoms with Crippen molar-refractivity contribution in [3.8, 4) is 0 Å². The predicted molar refractivity (Wildman–Crippen MR) is 190 cm³/mol. The second kappa shape index (κ2) is 14.8. The number of aliphatic hydroxyl groups is 6. The van der Waals surface area contributed by atoms with Crippen LogP contribution in [0.5, 0.6) is 0 Å². The van der Waals surface area contributed by atoms with Gasteiger partial charge in [-0.1, -0.05) is 31.1 Å². The van der Waals surface area contributed by atoms with Gasteiger partial charge in [0.2, 0.25) is 6.29 Å². The Morgan fingerprint density at radius 3 is 2.29 bits per heavy atom. The Kier molecular flexibility index (Phi) is 11.2. The fourth-order valence-electron chi connectivity index (χ4n) is 11.8. The van der Waals surface area contributed by atoms with Gasteiger partial charge in [-0.3, -0.25) is 24.0 Å². The Balaban J connectivity index is 1.40. The molecule has 16 heteroatoms. The number of fused-ring (bicyclic) bond motifs is 7. The molecule has 17 atom stereocenters. The summed E-state index contributed by atoms with van der Waals surface area (Å²) in [7, 11) is 0. The number of allylic oxidation sites excluding steroid dienone is 3. The zero-order valence-corrected chi connectivity index (χ0v) is 32.9. The molecule has 3 saturated carbocycles. The number of esters is 4. The summed E-state index contributed by atoms with van der Waals surface area (Å²) in [6.45, 7) is 11.4. The summed E-state index contributed by atoms with van der Waals surface area (Å²) in [5.74, 6) is -5.48. The summed E-state index contributed by atoms with van der Waals surface area (Å²) in [6, 6.07) is 0. The van der Waals surface area contributed by atoms with Crippen LogP contribution >= 0.6 is 0 Å². The highest BCUT2D eigenvalue weighted by atomic mass is 16.7. The molecule has 6 N–H and O–H groups in total. The van der Waals surface area contributed by atoms with E-state index in [0.29, 0.717) is 6.42 Å². The number of rotatable bonds is 9. The van der Waals surface area contributed by atoms with Gasteiger partial charge in [0.1, 0.15) is 42.5 Å². The summed E-state index contributed by atoms with van der Waals surface area (Å²) in [5.41, 5.74) is -2.93. The lowest BCUT2D eigenvalue weighted by Gasteiger charge is -2.65. The molecule has 0 aromatic rings. The van der Waals surface area contributed by atoms with Gasteiger partial charge in [0.15, 0.2) is 18.2 Å². The van der Waals surface area contributed by atoms with Gasteiger partial charge in [-0.05, 0) is 76.2 Å². The van der Waals surface area contributed by atoms with Crippen LogP contribution in [0.4, 0.5) is 0 Å². The second-order valence-electron chi connectivity index (χ2n) is 17.8. The van der Waals surface area contributed by atoms with E-state index in [1.807, 2.05) is 19.9 Å². The zero-order valence-electron chi connectivity index (χ0n) is 32.9. The van der Waals surface area contributed by atoms with Crippen molar-refractivity contribution < 1.29 is 78.3 Å². The highest BCUT2D eigenvalue weighted by molar-refractivity contribution is 5.93. The minimum atomic E-state index is -2.23. The van der Waals surface area contributed by atoms with Gasteiger partial charge in [0, 0.05) is 37.0 Å². The molecule has 6 rings (SSSR count). The summed E-state index contributed by atoms with van der Waals surface area (Å²) >= 11 is 0. The molecular formula is C40H56O16. The third kappa shape index (κ3) is 6.43. The van der Waals surface area contributed by atoms with E-state index in [9.17, 15) is 54.6 Å². The van der Waals surface area contributed by atoms with Gasteiger partial charge in [-0.25, -0.2) is 0 Å². The van der Waals surface area contributed by atoms with Crippen LogP contribution in [0, 0.1) is 45.3 Å². The minimum Gasteiger partial charge on any atom is -0.465 e. The van der Waals surface area contributed by atoms with Gasteiger partial charge in [-0.15, -0.1) is 0 Å². The first kappa shape index (κ1) is 42.4. The molecule has 0 radical (unpaired) electrons. The van der Waals surface area contributed by atoms with Crippen LogP contribution in [0.1, 0.15) is 87.0 Å². The van der Waals surface area contributed by atoms with Crippen LogP contribution in [0.3, 0.4) is 0 Å². The Bertz CT molecular complexity index is 1690. The lowest BCUT2D eigenvalue weighted by molar-refractivity contribution is -0.321. The van der Waals surface area contributed by atoms with Crippen molar-refractivity contribution in [2.45, 2.75) is 142 Å². The summed E-state index contributed by atoms with van der Waals surface area (Å²) in [6.07, 6.45) is -10.1. The van der Waals surface area contributed by atoms with E-state index >= 15 is 0 Å². The van der Waals surface area contributed by atoms with E-state index in [1.54, 1.807) is 20.8 Å². The van der Waals surface area contributed by atoms with Crippen molar-refractivity contribution >= 4 is 29.7 Å². The van der Waals surface area contributed by atoms with E-state index in [4.69, 9.17) is 23.7 Å². The van der Waals surface area contributed by atoms with Crippen molar-refractivity contribution in [2.75, 3.05) is 6.61 Å². The Morgan fingerprint density at radius 2 is 1.66 bits per heavy atom. The van der Waals surface area contributed by atoms with E-state index in [2.05, 4.69) is 0 Å². The van der Waals surface area contributed by atoms with Gasteiger partial charge in [0.05, 0.1) is 12.0 Å². The lowest BCUT2D eigenvalue weighted by atomic mass is 9.40. The van der Waals surface area contributed by atoms with E-state index < -0.39 is 125 Å². The number of carbonyl (C=O) groups excluding carboxylic acids is 5. The summed E-state index contributed by atoms with van der Waals surface area (Å²) < 4.78 is 28.2. The topological polar surface area (TPSA) is 253 Å². The molecule has 4 aliphatic carbocycles. The van der Waals surface area contributed by atoms with Crippen molar-refractivity contribution in [1.29, 1.82) is 0 Å². The Labute approximate surface area is 325 Å². The fourth-order valence-corrected chi connectivity index (χ4v) is 11.8. The smallest absolute Gasteiger partial charge is 0.318 e. The zero-order chi connectivity index (χ0) is 41.4. The molecule has 6 aliphatic rings. The maximum atomic E-state index is 14.5. The molecule has 2 heterocycles. The maximum absolute atomic E-state index is 14.5. The van der Waals surface area contributed by atoms with Crippen molar-refractivity contribution in [1.82, 2.24) is 0 Å². The lowest BCUT2D eigenvalue weighted by Crippen LogP contribution is -2.66. The van der Waals surface area contributed by atoms with Crippen LogP contribution in [0.15, 0.2) is 23.3 Å². The molecule has 2 saturated heterocycles. The first-order valence-electron chi connectivity index (χ1n) is 19.4. The van der Waals surface area contributed by atoms with E-state index in [1.165, 1.54) is 19.9 Å². The normalized spacial score (nSPS) is 45.7. The molecular weight excluding hydrogens is 736 g/mol. The quantitative estimate of drug-likeness (QED) is 0.0620. The van der Waals surface area contributed by atoms with Gasteiger partial charge in [0.25, 0.3) is 0 Å². The Morgan fingerprint density at radius 1 is 0.982 bits per heavy atom. The molecule has 2 aliphatic heterocycles. The molecule has 0 aromatic carbocycles. The molecule has 16 nitrogen and oxygen atoms in total. The number of carbonyl (C=O) groups is 5. The van der Waals surface area contributed by atoms with Crippen LogP contribution in [0.2, 0.25) is 0 Å². The minimum absolute atomic E-state index is 0.106. The molecule has 0 amide bonds. The van der Waals surface area contributed by atoms with Crippen molar-refractivity contribution in [2.24, 2.45) is 45.3 Å². The van der Waals surface area contributed by atoms with Crippen molar-refractivity contribution in [3.63, 3.8) is 0 Å². The standard InChI is InChI=1S/C40H56O16/c1-17(2)12-20(43)13-21-28-24(54-33(21)48)15-40(16-52-18(3)41)22-8-9-25-37(5,23(22)14-26(44)39(28,40)7)11-10-27(53-19(4)42)38(25,6)36(51)56-35(50)32-30(46)29(45)31(47)34(49)55-32/h8,12,21,23-32,34-35,44-47,49-50H,9-11,13-16H2,1-7H3/t21?,23-,24-,25+,26-,27+,28+,29?,30?,31?,32?,34?,35?,37+,38-,39-,40-/m0/s1. The second-order valence-corrected chi connectivity index (χ2v) is 17.8. The SMILES string of the molecule is CC(=O)OC[C@]12C[C@@H]3OC(=O)C(CC(=O)C=C(C)C)[C@H]3[C@]1(C)[C@@H](O)C[C@H]1C2=CC[C@@H]2[C@]1(C)CC[C@@H](OC(C)=O)[C@@]2(C)C(=O)OC(O)C1OC(O)C(O)C(O)C1O. The highest BCUT2D eigenvalue weighted by Gasteiger charge is 2.76. The predicted octanol–water partition coefficient (Wildman–Crippen LogP) is 0.756. The third-order valence-electron chi connectivity index (χ3n) is 14.5. The first-order valence-corrected chi connectivity index (χ1v) is 19.4. The summed E-state index contributed by atoms with van der Waals surface area (Å²) in [5, 5.41) is 64.2. The van der Waals surface area contributed by atoms with E-state index in [0.717, 1.165) is 11.1 Å². The Hall–Kier alpha value is -3.25. The molecule has 0 bridgehead atoms. The third-order valence-corrected chi connectivity index (χ3v) is 14.5. The van der Waals surface area contributed by atoms with Crippen LogP contribution in [-0.4, -0.2) is 122 Å². The van der Waals surface area contributed by atoms with Crippen LogP contribution < -0.4 is 0 Å². The number of aliphatic hydroxyl groups excluding tert-OH is 6. The monoisotopic (exact) mass is 792 g/mol. The first-order chi connectivity index (χ1) is 26.0. The number of hydrogen-bond donors (Lipinski definition) is 6. The van der Waals surface area contributed by atoms with Crippen LogP contribution in [-0.2, 0) is 47.7 Å². The molecule has 0 aromatic heterocycles. The molecule has 56 heavy (non-hydrogen) atoms.